The molecule has 4 N–H and O–H groups in total. The van der Waals surface area contributed by atoms with Gasteiger partial charge in [-0.3, -0.25) is 0 Å². The highest BCUT2D eigenvalue weighted by Crippen LogP contribution is 2.37. The molecule has 40 heavy (non-hydrogen) atoms. The molecular formula is C26H24ClF2N9O2. The molecular weight excluding hydrogens is 544 g/mol. The van der Waals surface area contributed by atoms with Gasteiger partial charge in [-0.05, 0) is 31.0 Å². The van der Waals surface area contributed by atoms with Gasteiger partial charge in [-0.15, -0.1) is 0 Å². The zero-order valence-electron chi connectivity index (χ0n) is 21.3. The maximum Gasteiger partial charge on any atom is 0.232 e. The van der Waals surface area contributed by atoms with Crippen LogP contribution in [0.1, 0.15) is 24.2 Å². The number of aromatic nitrogens is 6. The fourth-order valence-corrected chi connectivity index (χ4v) is 5.15. The lowest BCUT2D eigenvalue weighted by atomic mass is 9.86. The van der Waals surface area contributed by atoms with Gasteiger partial charge in [0.05, 0.1) is 36.8 Å². The number of hydrogen-bond acceptors (Lipinski definition) is 10. The number of imidazole rings is 1. The Kier molecular flexibility index (Phi) is 6.47. The van der Waals surface area contributed by atoms with Crippen LogP contribution in [-0.2, 0) is 12.1 Å². The lowest BCUT2D eigenvalue weighted by molar-refractivity contribution is 0.334. The minimum atomic E-state index is -0.839. The van der Waals surface area contributed by atoms with Crippen molar-refractivity contribution in [2.45, 2.75) is 24.9 Å². The largest absolute Gasteiger partial charge is 0.494 e. The number of nitrogen functional groups attached to an aromatic ring is 1. The first kappa shape index (κ1) is 25.9. The van der Waals surface area contributed by atoms with E-state index in [9.17, 15) is 4.39 Å². The first-order valence-corrected chi connectivity index (χ1v) is 12.7. The van der Waals surface area contributed by atoms with Crippen LogP contribution < -0.4 is 21.1 Å². The molecule has 1 aliphatic heterocycles. The molecule has 1 saturated heterocycles. The van der Waals surface area contributed by atoms with Gasteiger partial charge in [-0.25, -0.2) is 33.7 Å². The van der Waals surface area contributed by atoms with E-state index in [2.05, 4.69) is 24.9 Å². The van der Waals surface area contributed by atoms with E-state index in [0.717, 1.165) is 12.1 Å². The van der Waals surface area contributed by atoms with Crippen molar-refractivity contribution < 1.29 is 17.9 Å². The Labute approximate surface area is 231 Å². The van der Waals surface area contributed by atoms with Gasteiger partial charge in [0.25, 0.3) is 0 Å². The second-order valence-electron chi connectivity index (χ2n) is 9.57. The van der Waals surface area contributed by atoms with Gasteiger partial charge in [0.2, 0.25) is 11.8 Å². The molecule has 5 heterocycles. The smallest absolute Gasteiger partial charge is 0.232 e. The lowest BCUT2D eigenvalue weighted by Crippen LogP contribution is -2.52. The minimum absolute atomic E-state index is 0.100. The number of methoxy groups -OCH3 is 1. The predicted octanol–water partition coefficient (Wildman–Crippen LogP) is 3.90. The van der Waals surface area contributed by atoms with Gasteiger partial charge in [0.15, 0.2) is 23.0 Å². The van der Waals surface area contributed by atoms with Crippen LogP contribution in [0.3, 0.4) is 0 Å². The molecule has 1 aliphatic rings. The van der Waals surface area contributed by atoms with Crippen molar-refractivity contribution in [1.82, 2.24) is 29.5 Å². The van der Waals surface area contributed by atoms with E-state index in [1.165, 1.54) is 13.4 Å². The first-order chi connectivity index (χ1) is 19.3. The van der Waals surface area contributed by atoms with Crippen LogP contribution in [0.2, 0.25) is 5.15 Å². The molecule has 11 nitrogen and oxygen atoms in total. The maximum atomic E-state index is 15.1. The van der Waals surface area contributed by atoms with Gasteiger partial charge < -0.3 is 30.1 Å². The van der Waals surface area contributed by atoms with E-state index in [1.54, 1.807) is 23.0 Å². The Balaban J connectivity index is 1.44. The van der Waals surface area contributed by atoms with E-state index in [4.69, 9.17) is 32.2 Å². The van der Waals surface area contributed by atoms with Gasteiger partial charge in [-0.2, -0.15) is 0 Å². The molecule has 1 fully saturated rings. The molecule has 0 unspecified atom stereocenters. The number of nitrogens with zero attached hydrogens (tertiary/aromatic N) is 7. The van der Waals surface area contributed by atoms with Crippen LogP contribution in [-0.4, -0.2) is 49.7 Å². The van der Waals surface area contributed by atoms with Gasteiger partial charge in [-0.1, -0.05) is 17.7 Å². The fourth-order valence-electron chi connectivity index (χ4n) is 4.99. The van der Waals surface area contributed by atoms with Crippen molar-refractivity contribution in [2.24, 2.45) is 5.73 Å². The van der Waals surface area contributed by atoms with Crippen LogP contribution in [0.15, 0.2) is 47.4 Å². The molecule has 0 spiro atoms. The van der Waals surface area contributed by atoms with Crippen LogP contribution in [0, 0.1) is 11.6 Å². The zero-order chi connectivity index (χ0) is 28.0. The summed E-state index contributed by atoms with van der Waals surface area (Å²) in [6.45, 7) is 1.05. The molecule has 1 atom stereocenters. The summed E-state index contributed by atoms with van der Waals surface area (Å²) in [6.07, 6.45) is 4.27. The summed E-state index contributed by atoms with van der Waals surface area (Å²) in [7, 11) is 1.26. The number of benzene rings is 1. The number of halogens is 3. The van der Waals surface area contributed by atoms with Crippen molar-refractivity contribution in [3.8, 4) is 17.2 Å². The highest BCUT2D eigenvalue weighted by molar-refractivity contribution is 6.29. The average Bonchev–Trinajstić information content (AvgIpc) is 3.55. The summed E-state index contributed by atoms with van der Waals surface area (Å²) in [6, 6.07) is 7.26. The minimum Gasteiger partial charge on any atom is -0.494 e. The van der Waals surface area contributed by atoms with E-state index in [-0.39, 0.29) is 29.6 Å². The SMILES string of the molecule is COc1cc(F)c(-c2nc(Cn3cnc4c(N)ncnc43)c(N3CCC[C@](N)(c4cccc(Cl)n4)C3)o2)cc1F. The summed E-state index contributed by atoms with van der Waals surface area (Å²) in [5.41, 5.74) is 13.8. The Morgan fingerprint density at radius 3 is 2.80 bits per heavy atom. The van der Waals surface area contributed by atoms with E-state index < -0.39 is 17.2 Å². The lowest BCUT2D eigenvalue weighted by Gasteiger charge is -2.40. The second-order valence-corrected chi connectivity index (χ2v) is 9.96. The second kappa shape index (κ2) is 9.99. The number of oxazole rings is 1. The average molecular weight is 568 g/mol. The number of nitrogens with two attached hydrogens (primary N) is 2. The van der Waals surface area contributed by atoms with E-state index in [0.29, 0.717) is 59.5 Å². The van der Waals surface area contributed by atoms with E-state index >= 15 is 4.39 Å². The third-order valence-corrected chi connectivity index (χ3v) is 7.15. The molecule has 14 heteroatoms. The first-order valence-electron chi connectivity index (χ1n) is 12.4. The maximum absolute atomic E-state index is 15.1. The van der Waals surface area contributed by atoms with Crippen LogP contribution in [0.5, 0.6) is 5.75 Å². The van der Waals surface area contributed by atoms with E-state index in [1.807, 2.05) is 11.0 Å². The predicted molar refractivity (Wildman–Crippen MR) is 144 cm³/mol. The fraction of sp³-hybridized carbons (Fsp3) is 0.269. The quantitative estimate of drug-likeness (QED) is 0.289. The summed E-state index contributed by atoms with van der Waals surface area (Å²) in [5, 5.41) is 0.340. The van der Waals surface area contributed by atoms with Gasteiger partial charge in [0, 0.05) is 19.2 Å². The molecule has 0 amide bonds. The Morgan fingerprint density at radius 1 is 1.15 bits per heavy atom. The molecule has 0 bridgehead atoms. The normalized spacial score (nSPS) is 17.5. The van der Waals surface area contributed by atoms with Crippen molar-refractivity contribution in [3.63, 3.8) is 0 Å². The molecule has 1 aromatic carbocycles. The summed E-state index contributed by atoms with van der Waals surface area (Å²) in [4.78, 5) is 23.5. The molecule has 206 valence electrons. The van der Waals surface area contributed by atoms with Crippen LogP contribution in [0.4, 0.5) is 20.5 Å². The third-order valence-electron chi connectivity index (χ3n) is 6.93. The van der Waals surface area contributed by atoms with Crippen molar-refractivity contribution in [1.29, 1.82) is 0 Å². The monoisotopic (exact) mass is 567 g/mol. The Bertz CT molecular complexity index is 1730. The number of ether oxygens (including phenoxy) is 1. The topological polar surface area (TPSA) is 147 Å². The Hall–Kier alpha value is -4.36. The Morgan fingerprint density at radius 2 is 2.00 bits per heavy atom. The van der Waals surface area contributed by atoms with Crippen molar-refractivity contribution in [2.75, 3.05) is 30.8 Å². The summed E-state index contributed by atoms with van der Waals surface area (Å²) < 4.78 is 42.4. The van der Waals surface area contributed by atoms with Crippen LogP contribution in [0.25, 0.3) is 22.6 Å². The molecule has 4 aromatic heterocycles. The van der Waals surface area contributed by atoms with Gasteiger partial charge in [0.1, 0.15) is 28.5 Å². The standard InChI is InChI=1S/C26H24ClF2N9O2/c1-39-18-9-15(28)14(8-16(18)29)24-35-17(10-38-13-34-21-22(30)32-12-33-23(21)38)25(40-24)37-7-3-6-26(31,11-37)19-4-2-5-20(27)36-19/h2,4-5,8-9,12-13H,3,6-7,10-11,31H2,1H3,(H2,30,32,33)/t26-/m1/s1. The highest BCUT2D eigenvalue weighted by atomic mass is 35.5. The van der Waals surface area contributed by atoms with Crippen molar-refractivity contribution in [3.05, 3.63) is 71.2 Å². The van der Waals surface area contributed by atoms with Crippen molar-refractivity contribution >= 4 is 34.5 Å². The molecule has 5 aromatic rings. The number of hydrogen-bond donors (Lipinski definition) is 2. The zero-order valence-corrected chi connectivity index (χ0v) is 22.1. The summed E-state index contributed by atoms with van der Waals surface area (Å²) >= 11 is 6.15. The van der Waals surface area contributed by atoms with Crippen LogP contribution >= 0.6 is 11.6 Å². The highest BCUT2D eigenvalue weighted by Gasteiger charge is 2.37. The number of pyridine rings is 1. The number of rotatable bonds is 6. The molecule has 0 radical (unpaired) electrons. The number of anilines is 2. The number of fused-ring (bicyclic) bond motifs is 1. The molecule has 0 aliphatic carbocycles. The molecule has 0 saturated carbocycles. The van der Waals surface area contributed by atoms with Gasteiger partial charge >= 0.3 is 0 Å². The number of piperidine rings is 1. The summed E-state index contributed by atoms with van der Waals surface area (Å²) in [5.74, 6) is -1.24. The third kappa shape index (κ3) is 4.56. The molecule has 6 rings (SSSR count).